The maximum Gasteiger partial charge on any atom is 0.242 e. The lowest BCUT2D eigenvalue weighted by Gasteiger charge is -2.22. The van der Waals surface area contributed by atoms with Crippen LogP contribution in [0.1, 0.15) is 31.2 Å². The number of hydrogen-bond acceptors (Lipinski definition) is 5. The number of hydrogen-bond donors (Lipinski definition) is 0. The fraction of sp³-hybridized carbons (Fsp3) is 0.480. The predicted octanol–water partition coefficient (Wildman–Crippen LogP) is 3.78. The molecule has 33 heavy (non-hydrogen) atoms. The molecule has 0 N–H and O–H groups in total. The van der Waals surface area contributed by atoms with Crippen molar-refractivity contribution in [3.63, 3.8) is 0 Å². The molecule has 3 aromatic rings. The summed E-state index contributed by atoms with van der Waals surface area (Å²) in [6, 6.07) is 15.8. The van der Waals surface area contributed by atoms with Crippen molar-refractivity contribution in [2.24, 2.45) is 0 Å². The lowest BCUT2D eigenvalue weighted by atomic mass is 10.1. The van der Waals surface area contributed by atoms with Crippen LogP contribution in [0, 0.1) is 0 Å². The highest BCUT2D eigenvalue weighted by Crippen LogP contribution is 2.23. The number of ether oxygens (including phenoxy) is 1. The Morgan fingerprint density at radius 2 is 1.82 bits per heavy atom. The quantitative estimate of drug-likeness (QED) is 0.379. The van der Waals surface area contributed by atoms with E-state index in [9.17, 15) is 8.42 Å². The largest absolute Gasteiger partial charge is 0.383 e. The fourth-order valence-electron chi connectivity index (χ4n) is 3.97. The maximum atomic E-state index is 12.6. The highest BCUT2D eigenvalue weighted by Gasteiger charge is 2.20. The highest BCUT2D eigenvalue weighted by atomic mass is 32.2. The van der Waals surface area contributed by atoms with Crippen LogP contribution in [0.5, 0.6) is 0 Å². The first kappa shape index (κ1) is 25.4. The van der Waals surface area contributed by atoms with E-state index in [1.807, 2.05) is 12.1 Å². The Bertz CT molecular complexity index is 1130. The second-order valence-corrected chi connectivity index (χ2v) is 10.6. The van der Waals surface area contributed by atoms with Gasteiger partial charge in [0.15, 0.2) is 0 Å². The summed E-state index contributed by atoms with van der Waals surface area (Å²) in [5, 5.41) is 0. The van der Waals surface area contributed by atoms with E-state index in [4.69, 9.17) is 9.72 Å². The van der Waals surface area contributed by atoms with E-state index in [2.05, 4.69) is 40.7 Å². The summed E-state index contributed by atoms with van der Waals surface area (Å²) in [4.78, 5) is 7.52. The molecule has 180 valence electrons. The Morgan fingerprint density at radius 1 is 1.06 bits per heavy atom. The van der Waals surface area contributed by atoms with Crippen LogP contribution in [0.25, 0.3) is 11.0 Å². The Balaban J connectivity index is 1.84. The average Bonchev–Trinajstić information content (AvgIpc) is 3.14. The van der Waals surface area contributed by atoms with E-state index in [1.165, 1.54) is 9.87 Å². The van der Waals surface area contributed by atoms with Gasteiger partial charge in [-0.2, -0.15) is 0 Å². The number of fused-ring (bicyclic) bond motifs is 1. The molecule has 0 aliphatic heterocycles. The first-order valence-electron chi connectivity index (χ1n) is 11.5. The number of aromatic nitrogens is 2. The fourth-order valence-corrected chi connectivity index (χ4v) is 4.89. The molecular weight excluding hydrogens is 436 g/mol. The molecule has 0 atom stereocenters. The molecule has 0 saturated carbocycles. The molecule has 0 radical (unpaired) electrons. The van der Waals surface area contributed by atoms with Crippen molar-refractivity contribution in [2.75, 3.05) is 40.9 Å². The van der Waals surface area contributed by atoms with Crippen LogP contribution in [-0.4, -0.2) is 68.1 Å². The summed E-state index contributed by atoms with van der Waals surface area (Å²) >= 11 is 0. The SMILES string of the molecule is CCCn1c(CN(CCCc2ccccc2)CCOC)nc2cc(S(=O)(=O)N(C)C)ccc21. The van der Waals surface area contributed by atoms with Crippen LogP contribution >= 0.6 is 0 Å². The van der Waals surface area contributed by atoms with Gasteiger partial charge in [-0.15, -0.1) is 0 Å². The molecule has 0 fully saturated rings. The lowest BCUT2D eigenvalue weighted by Crippen LogP contribution is -2.30. The Kier molecular flexibility index (Phi) is 9.02. The van der Waals surface area contributed by atoms with Gasteiger partial charge in [-0.3, -0.25) is 4.90 Å². The van der Waals surface area contributed by atoms with Crippen molar-refractivity contribution < 1.29 is 13.2 Å². The Labute approximate surface area is 198 Å². The molecule has 0 unspecified atom stereocenters. The zero-order chi connectivity index (χ0) is 23.8. The minimum absolute atomic E-state index is 0.270. The van der Waals surface area contributed by atoms with Crippen LogP contribution in [0.15, 0.2) is 53.4 Å². The zero-order valence-corrected chi connectivity index (χ0v) is 21.0. The van der Waals surface area contributed by atoms with Gasteiger partial charge in [0, 0.05) is 34.3 Å². The van der Waals surface area contributed by atoms with Gasteiger partial charge >= 0.3 is 0 Å². The summed E-state index contributed by atoms with van der Waals surface area (Å²) in [6.07, 6.45) is 3.05. The van der Waals surface area contributed by atoms with Crippen LogP contribution in [0.4, 0.5) is 0 Å². The van der Waals surface area contributed by atoms with Gasteiger partial charge < -0.3 is 9.30 Å². The van der Waals surface area contributed by atoms with Crippen LogP contribution in [0.2, 0.25) is 0 Å². The first-order valence-corrected chi connectivity index (χ1v) is 13.0. The van der Waals surface area contributed by atoms with Gasteiger partial charge in [0.2, 0.25) is 10.0 Å². The predicted molar refractivity (Wildman–Crippen MR) is 133 cm³/mol. The van der Waals surface area contributed by atoms with Gasteiger partial charge in [0.05, 0.1) is 29.1 Å². The van der Waals surface area contributed by atoms with Crippen molar-refractivity contribution in [1.82, 2.24) is 18.8 Å². The minimum atomic E-state index is -3.50. The molecule has 1 aromatic heterocycles. The van der Waals surface area contributed by atoms with Crippen molar-refractivity contribution in [3.8, 4) is 0 Å². The lowest BCUT2D eigenvalue weighted by molar-refractivity contribution is 0.141. The van der Waals surface area contributed by atoms with Crippen LogP contribution < -0.4 is 0 Å². The van der Waals surface area contributed by atoms with E-state index in [0.29, 0.717) is 13.2 Å². The van der Waals surface area contributed by atoms with E-state index in [1.54, 1.807) is 33.3 Å². The van der Waals surface area contributed by atoms with Crippen LogP contribution in [0.3, 0.4) is 0 Å². The second kappa shape index (κ2) is 11.7. The van der Waals surface area contributed by atoms with Crippen molar-refractivity contribution >= 4 is 21.1 Å². The second-order valence-electron chi connectivity index (χ2n) is 8.48. The summed E-state index contributed by atoms with van der Waals surface area (Å²) in [5.41, 5.74) is 3.04. The molecule has 0 spiro atoms. The topological polar surface area (TPSA) is 67.7 Å². The van der Waals surface area contributed by atoms with Gasteiger partial charge in [0.1, 0.15) is 5.82 Å². The minimum Gasteiger partial charge on any atom is -0.383 e. The summed E-state index contributed by atoms with van der Waals surface area (Å²) < 4.78 is 34.0. The average molecular weight is 473 g/mol. The van der Waals surface area contributed by atoms with E-state index in [0.717, 1.165) is 55.8 Å². The summed E-state index contributed by atoms with van der Waals surface area (Å²) in [5.74, 6) is 0.960. The molecular formula is C25H36N4O3S. The molecule has 0 aliphatic rings. The smallest absolute Gasteiger partial charge is 0.242 e. The number of aryl methyl sites for hydroxylation is 2. The Morgan fingerprint density at radius 3 is 2.48 bits per heavy atom. The normalized spacial score (nSPS) is 12.3. The number of sulfonamides is 1. The molecule has 2 aromatic carbocycles. The summed E-state index contributed by atoms with van der Waals surface area (Å²) in [6.45, 7) is 6.10. The Hall–Kier alpha value is -2.26. The van der Waals surface area contributed by atoms with Crippen molar-refractivity contribution in [3.05, 3.63) is 59.9 Å². The highest BCUT2D eigenvalue weighted by molar-refractivity contribution is 7.89. The number of imidazole rings is 1. The molecule has 3 rings (SSSR count). The first-order chi connectivity index (χ1) is 15.9. The summed E-state index contributed by atoms with van der Waals surface area (Å²) in [7, 11) is 1.31. The van der Waals surface area contributed by atoms with Crippen molar-refractivity contribution in [1.29, 1.82) is 0 Å². The third kappa shape index (κ3) is 6.41. The molecule has 0 aliphatic carbocycles. The monoisotopic (exact) mass is 472 g/mol. The number of rotatable bonds is 13. The molecule has 0 amide bonds. The standard InChI is InChI=1S/C25H36N4O3S/c1-5-15-29-24-14-13-22(33(30,31)27(2)3)19-23(24)26-25(29)20-28(17-18-32-4)16-9-12-21-10-7-6-8-11-21/h6-8,10-11,13-14,19H,5,9,12,15-18,20H2,1-4H3. The van der Waals surface area contributed by atoms with Crippen molar-refractivity contribution in [2.45, 2.75) is 44.2 Å². The number of nitrogens with zero attached hydrogens (tertiary/aromatic N) is 4. The van der Waals surface area contributed by atoms with Crippen LogP contribution in [-0.2, 0) is 34.3 Å². The molecule has 0 bridgehead atoms. The number of benzene rings is 2. The van der Waals surface area contributed by atoms with E-state index in [-0.39, 0.29) is 4.90 Å². The maximum absolute atomic E-state index is 12.6. The molecule has 8 heteroatoms. The third-order valence-electron chi connectivity index (χ3n) is 5.78. The molecule has 1 heterocycles. The van der Waals surface area contributed by atoms with E-state index < -0.39 is 10.0 Å². The third-order valence-corrected chi connectivity index (χ3v) is 7.59. The van der Waals surface area contributed by atoms with Gasteiger partial charge in [0.25, 0.3) is 0 Å². The van der Waals surface area contributed by atoms with Gasteiger partial charge in [-0.25, -0.2) is 17.7 Å². The van der Waals surface area contributed by atoms with Gasteiger partial charge in [-0.05, 0) is 49.6 Å². The van der Waals surface area contributed by atoms with E-state index >= 15 is 0 Å². The molecule has 7 nitrogen and oxygen atoms in total. The number of methoxy groups -OCH3 is 1. The molecule has 0 saturated heterocycles. The van der Waals surface area contributed by atoms with Gasteiger partial charge in [-0.1, -0.05) is 37.3 Å². The zero-order valence-electron chi connectivity index (χ0n) is 20.2.